The maximum absolute atomic E-state index is 13.1. The summed E-state index contributed by atoms with van der Waals surface area (Å²) in [5, 5.41) is 3.30. The number of benzene rings is 1. The van der Waals surface area contributed by atoms with Gasteiger partial charge in [-0.05, 0) is 30.5 Å². The minimum atomic E-state index is -0.351. The maximum Gasteiger partial charge on any atom is 0.254 e. The standard InChI is InChI=1S/C13H15FN2O/c14-11-3-1-2-9(6-11)13(17)16-5-4-10-7-15-8-12(10)16/h1-3,6,10,12,15H,4-5,7-8H2/t10-,12+/m1/s1. The Morgan fingerprint density at radius 2 is 2.29 bits per heavy atom. The number of fused-ring (bicyclic) bond motifs is 1. The summed E-state index contributed by atoms with van der Waals surface area (Å²) in [7, 11) is 0. The molecule has 2 heterocycles. The van der Waals surface area contributed by atoms with Crippen LogP contribution in [0.5, 0.6) is 0 Å². The largest absolute Gasteiger partial charge is 0.334 e. The second-order valence-electron chi connectivity index (χ2n) is 4.78. The zero-order chi connectivity index (χ0) is 11.8. The van der Waals surface area contributed by atoms with E-state index in [1.807, 2.05) is 4.90 Å². The monoisotopic (exact) mass is 234 g/mol. The Balaban J connectivity index is 1.83. The van der Waals surface area contributed by atoms with Gasteiger partial charge in [-0.3, -0.25) is 4.79 Å². The molecule has 0 aliphatic carbocycles. The molecule has 2 fully saturated rings. The van der Waals surface area contributed by atoms with Crippen LogP contribution in [-0.4, -0.2) is 36.5 Å². The normalized spacial score (nSPS) is 27.2. The van der Waals surface area contributed by atoms with E-state index in [0.29, 0.717) is 17.5 Å². The van der Waals surface area contributed by atoms with E-state index in [2.05, 4.69) is 5.32 Å². The highest BCUT2D eigenvalue weighted by Crippen LogP contribution is 2.28. The SMILES string of the molecule is O=C(c1cccc(F)c1)N1CC[C@@H]2CNC[C@@H]21. The van der Waals surface area contributed by atoms with Crippen molar-refractivity contribution in [1.29, 1.82) is 0 Å². The van der Waals surface area contributed by atoms with E-state index in [-0.39, 0.29) is 11.7 Å². The Labute approximate surface area is 99.6 Å². The third-order valence-corrected chi connectivity index (χ3v) is 3.78. The van der Waals surface area contributed by atoms with Gasteiger partial charge in [-0.15, -0.1) is 0 Å². The smallest absolute Gasteiger partial charge is 0.254 e. The minimum Gasteiger partial charge on any atom is -0.334 e. The first kappa shape index (κ1) is 10.7. The first-order chi connectivity index (χ1) is 8.25. The van der Waals surface area contributed by atoms with Crippen molar-refractivity contribution in [3.63, 3.8) is 0 Å². The zero-order valence-corrected chi connectivity index (χ0v) is 9.53. The number of carbonyl (C=O) groups is 1. The Morgan fingerprint density at radius 1 is 1.41 bits per heavy atom. The number of halogens is 1. The van der Waals surface area contributed by atoms with Crippen LogP contribution in [0.4, 0.5) is 4.39 Å². The predicted molar refractivity (Wildman–Crippen MR) is 62.2 cm³/mol. The van der Waals surface area contributed by atoms with Gasteiger partial charge in [-0.1, -0.05) is 6.07 Å². The number of nitrogens with zero attached hydrogens (tertiary/aromatic N) is 1. The van der Waals surface area contributed by atoms with E-state index in [4.69, 9.17) is 0 Å². The maximum atomic E-state index is 13.1. The molecule has 3 nitrogen and oxygen atoms in total. The summed E-state index contributed by atoms with van der Waals surface area (Å²) >= 11 is 0. The fraction of sp³-hybridized carbons (Fsp3) is 0.462. The van der Waals surface area contributed by atoms with Gasteiger partial charge in [0.1, 0.15) is 5.82 Å². The van der Waals surface area contributed by atoms with Crippen LogP contribution in [0.3, 0.4) is 0 Å². The van der Waals surface area contributed by atoms with E-state index in [1.165, 1.54) is 12.1 Å². The van der Waals surface area contributed by atoms with Crippen molar-refractivity contribution in [3.8, 4) is 0 Å². The highest BCUT2D eigenvalue weighted by molar-refractivity contribution is 5.94. The number of rotatable bonds is 1. The van der Waals surface area contributed by atoms with E-state index in [0.717, 1.165) is 26.1 Å². The molecule has 0 aromatic heterocycles. The lowest BCUT2D eigenvalue weighted by Gasteiger charge is -2.23. The van der Waals surface area contributed by atoms with Gasteiger partial charge in [0, 0.05) is 31.2 Å². The van der Waals surface area contributed by atoms with Gasteiger partial charge in [0.05, 0.1) is 0 Å². The van der Waals surface area contributed by atoms with Crippen molar-refractivity contribution < 1.29 is 9.18 Å². The lowest BCUT2D eigenvalue weighted by Crippen LogP contribution is -2.39. The van der Waals surface area contributed by atoms with Crippen LogP contribution in [0, 0.1) is 11.7 Å². The van der Waals surface area contributed by atoms with Gasteiger partial charge in [0.25, 0.3) is 5.91 Å². The molecule has 2 aliphatic heterocycles. The predicted octanol–water partition coefficient (Wildman–Crippen LogP) is 1.26. The summed E-state index contributed by atoms with van der Waals surface area (Å²) in [5.74, 6) is 0.185. The third kappa shape index (κ3) is 1.82. The van der Waals surface area contributed by atoms with Crippen LogP contribution >= 0.6 is 0 Å². The summed E-state index contributed by atoms with van der Waals surface area (Å²) < 4.78 is 13.1. The molecule has 0 spiro atoms. The number of likely N-dealkylation sites (tertiary alicyclic amines) is 1. The van der Waals surface area contributed by atoms with E-state index in [1.54, 1.807) is 12.1 Å². The number of amides is 1. The average molecular weight is 234 g/mol. The number of hydrogen-bond acceptors (Lipinski definition) is 2. The highest BCUT2D eigenvalue weighted by Gasteiger charge is 2.40. The molecule has 90 valence electrons. The number of carbonyl (C=O) groups excluding carboxylic acids is 1. The Hall–Kier alpha value is -1.42. The molecule has 1 N–H and O–H groups in total. The summed E-state index contributed by atoms with van der Waals surface area (Å²) in [6, 6.07) is 6.24. The third-order valence-electron chi connectivity index (χ3n) is 3.78. The van der Waals surface area contributed by atoms with Crippen molar-refractivity contribution >= 4 is 5.91 Å². The molecule has 1 aromatic rings. The first-order valence-electron chi connectivity index (χ1n) is 6.03. The minimum absolute atomic E-state index is 0.0410. The summed E-state index contributed by atoms with van der Waals surface area (Å²) in [5.41, 5.74) is 0.456. The van der Waals surface area contributed by atoms with Crippen molar-refractivity contribution in [2.75, 3.05) is 19.6 Å². The van der Waals surface area contributed by atoms with Crippen LogP contribution in [0.25, 0.3) is 0 Å². The van der Waals surface area contributed by atoms with Gasteiger partial charge < -0.3 is 10.2 Å². The Kier molecular flexibility index (Phi) is 2.59. The molecule has 0 bridgehead atoms. The lowest BCUT2D eigenvalue weighted by molar-refractivity contribution is 0.0736. The van der Waals surface area contributed by atoms with E-state index in [9.17, 15) is 9.18 Å². The van der Waals surface area contributed by atoms with Crippen LogP contribution in [0.1, 0.15) is 16.8 Å². The molecule has 17 heavy (non-hydrogen) atoms. The molecular formula is C13H15FN2O. The molecule has 0 saturated carbocycles. The molecule has 0 unspecified atom stereocenters. The molecule has 1 aromatic carbocycles. The fourth-order valence-corrected chi connectivity index (χ4v) is 2.89. The summed E-state index contributed by atoms with van der Waals surface area (Å²) in [4.78, 5) is 14.2. The molecule has 2 saturated heterocycles. The van der Waals surface area contributed by atoms with Crippen molar-refractivity contribution in [1.82, 2.24) is 10.2 Å². The molecule has 0 radical (unpaired) electrons. The Bertz CT molecular complexity index is 449. The lowest BCUT2D eigenvalue weighted by atomic mass is 10.0. The van der Waals surface area contributed by atoms with Crippen LogP contribution in [-0.2, 0) is 0 Å². The van der Waals surface area contributed by atoms with Crippen LogP contribution in [0.2, 0.25) is 0 Å². The molecule has 2 aliphatic rings. The molecule has 4 heteroatoms. The van der Waals surface area contributed by atoms with Crippen LogP contribution in [0.15, 0.2) is 24.3 Å². The topological polar surface area (TPSA) is 32.3 Å². The zero-order valence-electron chi connectivity index (χ0n) is 9.53. The molecule has 3 rings (SSSR count). The van der Waals surface area contributed by atoms with E-state index < -0.39 is 0 Å². The number of hydrogen-bond donors (Lipinski definition) is 1. The second kappa shape index (κ2) is 4.11. The molecule has 2 atom stereocenters. The van der Waals surface area contributed by atoms with Gasteiger partial charge in [0.2, 0.25) is 0 Å². The van der Waals surface area contributed by atoms with Crippen LogP contribution < -0.4 is 5.32 Å². The summed E-state index contributed by atoms with van der Waals surface area (Å²) in [6.07, 6.45) is 1.05. The summed E-state index contributed by atoms with van der Waals surface area (Å²) in [6.45, 7) is 2.66. The molecule has 1 amide bonds. The quantitative estimate of drug-likeness (QED) is 0.793. The highest BCUT2D eigenvalue weighted by atomic mass is 19.1. The average Bonchev–Trinajstić information content (AvgIpc) is 2.89. The van der Waals surface area contributed by atoms with Crippen molar-refractivity contribution in [2.24, 2.45) is 5.92 Å². The van der Waals surface area contributed by atoms with Crippen molar-refractivity contribution in [2.45, 2.75) is 12.5 Å². The number of nitrogens with one attached hydrogen (secondary N) is 1. The van der Waals surface area contributed by atoms with Gasteiger partial charge in [-0.25, -0.2) is 4.39 Å². The fourth-order valence-electron chi connectivity index (χ4n) is 2.89. The molecular weight excluding hydrogens is 219 g/mol. The Morgan fingerprint density at radius 3 is 3.12 bits per heavy atom. The second-order valence-corrected chi connectivity index (χ2v) is 4.78. The first-order valence-corrected chi connectivity index (χ1v) is 6.03. The van der Waals surface area contributed by atoms with E-state index >= 15 is 0 Å². The van der Waals surface area contributed by atoms with Gasteiger partial charge >= 0.3 is 0 Å². The van der Waals surface area contributed by atoms with Gasteiger partial charge in [0.15, 0.2) is 0 Å². The van der Waals surface area contributed by atoms with Crippen molar-refractivity contribution in [3.05, 3.63) is 35.6 Å². The van der Waals surface area contributed by atoms with Gasteiger partial charge in [-0.2, -0.15) is 0 Å².